The predicted molar refractivity (Wildman–Crippen MR) is 81.2 cm³/mol. The number of hydrogen-bond acceptors (Lipinski definition) is 4. The Morgan fingerprint density at radius 3 is 2.43 bits per heavy atom. The van der Waals surface area contributed by atoms with Crippen molar-refractivity contribution in [3.8, 4) is 22.6 Å². The average Bonchev–Trinajstić information content (AvgIpc) is 2.86. The Balaban J connectivity index is 2.59. The van der Waals surface area contributed by atoms with Gasteiger partial charge in [0, 0.05) is 23.9 Å². The van der Waals surface area contributed by atoms with Crippen molar-refractivity contribution in [1.29, 1.82) is 0 Å². The van der Waals surface area contributed by atoms with Gasteiger partial charge in [0.15, 0.2) is 17.8 Å². The van der Waals surface area contributed by atoms with Crippen LogP contribution >= 0.6 is 0 Å². The van der Waals surface area contributed by atoms with Crippen LogP contribution in [0.2, 0.25) is 0 Å². The van der Waals surface area contributed by atoms with Gasteiger partial charge in [0.05, 0.1) is 19.9 Å². The zero-order valence-corrected chi connectivity index (χ0v) is 12.8. The topological polar surface area (TPSA) is 53.4 Å². The maximum atomic E-state index is 11.4. The van der Waals surface area contributed by atoms with Gasteiger partial charge in [0.2, 0.25) is 0 Å². The maximum absolute atomic E-state index is 11.4. The molecule has 21 heavy (non-hydrogen) atoms. The van der Waals surface area contributed by atoms with Crippen molar-refractivity contribution in [2.75, 3.05) is 14.2 Å². The molecule has 0 fully saturated rings. The summed E-state index contributed by atoms with van der Waals surface area (Å²) in [6.45, 7) is 4.89. The fourth-order valence-corrected chi connectivity index (χ4v) is 2.35. The number of nitrogens with zero attached hydrogens (tertiary/aromatic N) is 2. The molecule has 0 unspecified atom stereocenters. The molecule has 0 bridgehead atoms. The molecular weight excluding hydrogens is 268 g/mol. The highest BCUT2D eigenvalue weighted by Gasteiger charge is 2.16. The molecule has 0 aliphatic carbocycles. The second-order valence-electron chi connectivity index (χ2n) is 4.80. The standard InChI is InChI=1S/C16H20N2O3/c1-5-6-18-9-14(11(2)17-18)13-8-16(21-4)15(20-3)7-12(13)10-19/h7-10H,5-6H2,1-4H3. The lowest BCUT2D eigenvalue weighted by Gasteiger charge is -2.11. The number of methoxy groups -OCH3 is 2. The van der Waals surface area contributed by atoms with Gasteiger partial charge in [-0.3, -0.25) is 9.48 Å². The number of ether oxygens (including phenoxy) is 2. The summed E-state index contributed by atoms with van der Waals surface area (Å²) < 4.78 is 12.5. The first-order chi connectivity index (χ1) is 10.1. The molecular formula is C16H20N2O3. The summed E-state index contributed by atoms with van der Waals surface area (Å²) in [7, 11) is 3.13. The molecule has 1 aromatic heterocycles. The number of aromatic nitrogens is 2. The summed E-state index contributed by atoms with van der Waals surface area (Å²) in [4.78, 5) is 11.4. The Morgan fingerprint density at radius 2 is 1.86 bits per heavy atom. The van der Waals surface area contributed by atoms with E-state index in [9.17, 15) is 4.79 Å². The highest BCUT2D eigenvalue weighted by Crippen LogP contribution is 2.36. The molecule has 112 valence electrons. The zero-order chi connectivity index (χ0) is 15.4. The van der Waals surface area contributed by atoms with Gasteiger partial charge in [-0.2, -0.15) is 5.10 Å². The van der Waals surface area contributed by atoms with Gasteiger partial charge < -0.3 is 9.47 Å². The van der Waals surface area contributed by atoms with Crippen molar-refractivity contribution in [2.45, 2.75) is 26.8 Å². The Morgan fingerprint density at radius 1 is 1.19 bits per heavy atom. The van der Waals surface area contributed by atoms with Crippen LogP contribution in [0.3, 0.4) is 0 Å². The second-order valence-corrected chi connectivity index (χ2v) is 4.80. The van der Waals surface area contributed by atoms with Crippen molar-refractivity contribution in [3.05, 3.63) is 29.6 Å². The first-order valence-corrected chi connectivity index (χ1v) is 6.90. The van der Waals surface area contributed by atoms with E-state index in [0.29, 0.717) is 17.1 Å². The number of aldehydes is 1. The molecule has 2 rings (SSSR count). The SMILES string of the molecule is CCCn1cc(-c2cc(OC)c(OC)cc2C=O)c(C)n1. The third-order valence-corrected chi connectivity index (χ3v) is 3.37. The van der Waals surface area contributed by atoms with Crippen molar-refractivity contribution in [3.63, 3.8) is 0 Å². The van der Waals surface area contributed by atoms with Crippen molar-refractivity contribution >= 4 is 6.29 Å². The van der Waals surface area contributed by atoms with Crippen LogP contribution in [0, 0.1) is 6.92 Å². The van der Waals surface area contributed by atoms with Gasteiger partial charge in [-0.15, -0.1) is 0 Å². The highest BCUT2D eigenvalue weighted by molar-refractivity contribution is 5.89. The molecule has 0 radical (unpaired) electrons. The van der Waals surface area contributed by atoms with E-state index in [1.165, 1.54) is 0 Å². The van der Waals surface area contributed by atoms with E-state index in [4.69, 9.17) is 9.47 Å². The number of hydrogen-bond donors (Lipinski definition) is 0. The van der Waals surface area contributed by atoms with Crippen molar-refractivity contribution in [1.82, 2.24) is 9.78 Å². The van der Waals surface area contributed by atoms with Gasteiger partial charge in [-0.05, 0) is 31.0 Å². The Hall–Kier alpha value is -2.30. The summed E-state index contributed by atoms with van der Waals surface area (Å²) in [6.07, 6.45) is 3.80. The monoisotopic (exact) mass is 288 g/mol. The molecule has 5 heteroatoms. The summed E-state index contributed by atoms with van der Waals surface area (Å²) >= 11 is 0. The third-order valence-electron chi connectivity index (χ3n) is 3.37. The van der Waals surface area contributed by atoms with Gasteiger partial charge >= 0.3 is 0 Å². The molecule has 0 saturated carbocycles. The smallest absolute Gasteiger partial charge is 0.161 e. The zero-order valence-electron chi connectivity index (χ0n) is 12.8. The number of aryl methyl sites for hydroxylation is 2. The first-order valence-electron chi connectivity index (χ1n) is 6.90. The lowest BCUT2D eigenvalue weighted by atomic mass is 10.0. The summed E-state index contributed by atoms with van der Waals surface area (Å²) in [6, 6.07) is 3.51. The lowest BCUT2D eigenvalue weighted by molar-refractivity contribution is 0.112. The van der Waals surface area contributed by atoms with Gasteiger partial charge in [-0.1, -0.05) is 6.92 Å². The Kier molecular flexibility index (Phi) is 4.62. The molecule has 2 aromatic rings. The van der Waals surface area contributed by atoms with Gasteiger partial charge in [0.25, 0.3) is 0 Å². The molecule has 1 aromatic carbocycles. The highest BCUT2D eigenvalue weighted by atomic mass is 16.5. The molecule has 0 spiro atoms. The molecule has 5 nitrogen and oxygen atoms in total. The average molecular weight is 288 g/mol. The maximum Gasteiger partial charge on any atom is 0.161 e. The van der Waals surface area contributed by atoms with Gasteiger partial charge in [-0.25, -0.2) is 0 Å². The number of benzene rings is 1. The Bertz CT molecular complexity index is 647. The molecule has 0 N–H and O–H groups in total. The van der Waals surface area contributed by atoms with Crippen molar-refractivity contribution in [2.24, 2.45) is 0 Å². The van der Waals surface area contributed by atoms with E-state index in [1.54, 1.807) is 20.3 Å². The van der Waals surface area contributed by atoms with Crippen LogP contribution in [-0.2, 0) is 6.54 Å². The second kappa shape index (κ2) is 6.43. The van der Waals surface area contributed by atoms with Crippen LogP contribution in [0.5, 0.6) is 11.5 Å². The third kappa shape index (κ3) is 2.91. The first kappa shape index (κ1) is 15.1. The van der Waals surface area contributed by atoms with E-state index in [-0.39, 0.29) is 0 Å². The van der Waals surface area contributed by atoms with Crippen LogP contribution in [0.4, 0.5) is 0 Å². The van der Waals surface area contributed by atoms with E-state index < -0.39 is 0 Å². The summed E-state index contributed by atoms with van der Waals surface area (Å²) in [5.41, 5.74) is 3.19. The fraction of sp³-hybridized carbons (Fsp3) is 0.375. The van der Waals surface area contributed by atoms with Crippen molar-refractivity contribution < 1.29 is 14.3 Å². The van der Waals surface area contributed by atoms with Crippen LogP contribution in [0.1, 0.15) is 29.4 Å². The van der Waals surface area contributed by atoms with E-state index in [1.807, 2.05) is 23.9 Å². The molecule has 0 aliphatic rings. The van der Waals surface area contributed by atoms with E-state index in [2.05, 4.69) is 12.0 Å². The number of carbonyl (C=O) groups is 1. The quantitative estimate of drug-likeness (QED) is 0.766. The number of carbonyl (C=O) groups excluding carboxylic acids is 1. The molecule has 0 aliphatic heterocycles. The van der Waals surface area contributed by atoms with E-state index >= 15 is 0 Å². The summed E-state index contributed by atoms with van der Waals surface area (Å²) in [5, 5.41) is 4.48. The van der Waals surface area contributed by atoms with Crippen LogP contribution in [0.15, 0.2) is 18.3 Å². The summed E-state index contributed by atoms with van der Waals surface area (Å²) in [5.74, 6) is 1.14. The van der Waals surface area contributed by atoms with Crippen LogP contribution < -0.4 is 9.47 Å². The van der Waals surface area contributed by atoms with E-state index in [0.717, 1.165) is 36.1 Å². The molecule has 1 heterocycles. The molecule has 0 saturated heterocycles. The largest absolute Gasteiger partial charge is 0.493 e. The molecule has 0 amide bonds. The van der Waals surface area contributed by atoms with Crippen LogP contribution in [-0.4, -0.2) is 30.3 Å². The number of rotatable bonds is 6. The minimum absolute atomic E-state index is 0.543. The van der Waals surface area contributed by atoms with Crippen LogP contribution in [0.25, 0.3) is 11.1 Å². The normalized spacial score (nSPS) is 10.5. The fourth-order valence-electron chi connectivity index (χ4n) is 2.35. The minimum Gasteiger partial charge on any atom is -0.493 e. The minimum atomic E-state index is 0.543. The lowest BCUT2D eigenvalue weighted by Crippen LogP contribution is -1.96. The molecule has 0 atom stereocenters. The van der Waals surface area contributed by atoms with Gasteiger partial charge in [0.1, 0.15) is 0 Å². The Labute approximate surface area is 124 Å². The predicted octanol–water partition coefficient (Wildman–Crippen LogP) is 3.10.